The van der Waals surface area contributed by atoms with E-state index in [-0.39, 0.29) is 5.75 Å². The summed E-state index contributed by atoms with van der Waals surface area (Å²) in [6.07, 6.45) is 6.40. The van der Waals surface area contributed by atoms with Crippen molar-refractivity contribution in [2.45, 2.75) is 0 Å². The van der Waals surface area contributed by atoms with Crippen molar-refractivity contribution in [2.75, 3.05) is 19.5 Å². The maximum absolute atomic E-state index is 13.9. The van der Waals surface area contributed by atoms with Gasteiger partial charge >= 0.3 is 6.09 Å². The molecule has 0 saturated carbocycles. The van der Waals surface area contributed by atoms with Crippen molar-refractivity contribution in [3.63, 3.8) is 0 Å². The van der Waals surface area contributed by atoms with Gasteiger partial charge in [-0.25, -0.2) is 23.8 Å². The maximum Gasteiger partial charge on any atom is 0.412 e. The third-order valence-electron chi connectivity index (χ3n) is 5.30. The van der Waals surface area contributed by atoms with Crippen molar-refractivity contribution in [1.82, 2.24) is 24.1 Å². The first-order chi connectivity index (χ1) is 16.6. The van der Waals surface area contributed by atoms with Gasteiger partial charge in [0.25, 0.3) is 0 Å². The van der Waals surface area contributed by atoms with Gasteiger partial charge in [-0.05, 0) is 48.5 Å². The Morgan fingerprint density at radius 3 is 2.59 bits per heavy atom. The highest BCUT2D eigenvalue weighted by Gasteiger charge is 2.13. The van der Waals surface area contributed by atoms with Crippen molar-refractivity contribution in [1.29, 1.82) is 0 Å². The molecule has 0 spiro atoms. The van der Waals surface area contributed by atoms with E-state index in [2.05, 4.69) is 25.1 Å². The predicted octanol–water partition coefficient (Wildman–Crippen LogP) is 4.58. The number of halogens is 1. The normalized spacial score (nSPS) is 10.9. The van der Waals surface area contributed by atoms with Gasteiger partial charge in [0.15, 0.2) is 11.6 Å². The van der Waals surface area contributed by atoms with Gasteiger partial charge in [-0.2, -0.15) is 5.10 Å². The number of imidazole rings is 1. The molecule has 0 saturated heterocycles. The molecule has 1 aromatic carbocycles. The van der Waals surface area contributed by atoms with E-state index in [9.17, 15) is 9.18 Å². The second-order valence-electron chi connectivity index (χ2n) is 7.29. The molecular formula is C24H19FN6O3. The molecule has 0 fully saturated rings. The summed E-state index contributed by atoms with van der Waals surface area (Å²) in [7, 11) is 2.72. The number of anilines is 1. The topological polar surface area (TPSA) is 95.6 Å². The summed E-state index contributed by atoms with van der Waals surface area (Å²) < 4.78 is 27.3. The fourth-order valence-corrected chi connectivity index (χ4v) is 3.63. The monoisotopic (exact) mass is 458 g/mol. The molecule has 34 heavy (non-hydrogen) atoms. The zero-order chi connectivity index (χ0) is 23.7. The number of nitrogens with one attached hydrogen (secondary N) is 1. The molecule has 5 rings (SSSR count). The first-order valence-electron chi connectivity index (χ1n) is 10.2. The van der Waals surface area contributed by atoms with Crippen molar-refractivity contribution in [3.8, 4) is 34.0 Å². The van der Waals surface area contributed by atoms with E-state index < -0.39 is 11.9 Å². The molecule has 4 heterocycles. The number of hydrogen-bond donors (Lipinski definition) is 1. The molecule has 4 aromatic heterocycles. The lowest BCUT2D eigenvalue weighted by Gasteiger charge is -2.11. The second-order valence-corrected chi connectivity index (χ2v) is 7.29. The molecule has 0 radical (unpaired) electrons. The van der Waals surface area contributed by atoms with E-state index in [0.717, 1.165) is 33.8 Å². The largest absolute Gasteiger partial charge is 0.494 e. The van der Waals surface area contributed by atoms with Gasteiger partial charge in [0.1, 0.15) is 11.5 Å². The van der Waals surface area contributed by atoms with E-state index in [0.29, 0.717) is 5.82 Å². The maximum atomic E-state index is 13.9. The summed E-state index contributed by atoms with van der Waals surface area (Å²) in [6.45, 7) is 0. The number of carbonyl (C=O) groups is 1. The summed E-state index contributed by atoms with van der Waals surface area (Å²) in [5.41, 5.74) is 4.69. The van der Waals surface area contributed by atoms with Gasteiger partial charge in [0.2, 0.25) is 0 Å². The predicted molar refractivity (Wildman–Crippen MR) is 124 cm³/mol. The Morgan fingerprint density at radius 2 is 1.82 bits per heavy atom. The number of methoxy groups -OCH3 is 2. The summed E-state index contributed by atoms with van der Waals surface area (Å²) >= 11 is 0. The third kappa shape index (κ3) is 3.81. The van der Waals surface area contributed by atoms with Crippen molar-refractivity contribution >= 4 is 17.6 Å². The second kappa shape index (κ2) is 8.66. The standard InChI is InChI=1S/C24H19FN6O3/c1-33-21-11-15(3-6-18(21)25)19-9-10-28-31(19)17-5-8-23-27-13-20(30(23)14-17)16-4-7-22(26-12-16)29-24(32)34-2/h3-14H,1-2H3,(H,26,29,32). The van der Waals surface area contributed by atoms with Crippen LogP contribution in [-0.2, 0) is 4.74 Å². The highest BCUT2D eigenvalue weighted by molar-refractivity contribution is 5.83. The average Bonchev–Trinajstić information content (AvgIpc) is 3.52. The zero-order valence-corrected chi connectivity index (χ0v) is 18.3. The van der Waals surface area contributed by atoms with Gasteiger partial charge in [-0.1, -0.05) is 0 Å². The van der Waals surface area contributed by atoms with E-state index >= 15 is 0 Å². The van der Waals surface area contributed by atoms with Crippen LogP contribution in [0.1, 0.15) is 0 Å². The van der Waals surface area contributed by atoms with Crippen LogP contribution >= 0.6 is 0 Å². The Kier molecular flexibility index (Phi) is 5.38. The number of ether oxygens (including phenoxy) is 2. The summed E-state index contributed by atoms with van der Waals surface area (Å²) in [6, 6.07) is 13.8. The molecule has 0 bridgehead atoms. The van der Waals surface area contributed by atoms with Crippen molar-refractivity contribution in [2.24, 2.45) is 0 Å². The summed E-state index contributed by atoms with van der Waals surface area (Å²) in [4.78, 5) is 20.1. The molecule has 0 aliphatic carbocycles. The van der Waals surface area contributed by atoms with Crippen molar-refractivity contribution < 1.29 is 18.7 Å². The van der Waals surface area contributed by atoms with Gasteiger partial charge in [0.05, 0.1) is 43.7 Å². The highest BCUT2D eigenvalue weighted by atomic mass is 19.1. The third-order valence-corrected chi connectivity index (χ3v) is 5.30. The first-order valence-corrected chi connectivity index (χ1v) is 10.2. The van der Waals surface area contributed by atoms with Crippen molar-refractivity contribution in [3.05, 3.63) is 79.1 Å². The van der Waals surface area contributed by atoms with Crippen LogP contribution in [0.4, 0.5) is 15.0 Å². The minimum Gasteiger partial charge on any atom is -0.494 e. The van der Waals surface area contributed by atoms with E-state index in [1.807, 2.05) is 34.9 Å². The minimum absolute atomic E-state index is 0.162. The van der Waals surface area contributed by atoms with Gasteiger partial charge in [-0.3, -0.25) is 9.72 Å². The zero-order valence-electron chi connectivity index (χ0n) is 18.3. The Morgan fingerprint density at radius 1 is 0.971 bits per heavy atom. The Labute approximate surface area is 193 Å². The molecule has 0 aliphatic heterocycles. The van der Waals surface area contributed by atoms with E-state index in [4.69, 9.17) is 4.74 Å². The first kappa shape index (κ1) is 21.1. The molecular weight excluding hydrogens is 439 g/mol. The molecule has 1 N–H and O–H groups in total. The van der Waals surface area contributed by atoms with Crippen LogP contribution in [0.3, 0.4) is 0 Å². The van der Waals surface area contributed by atoms with E-state index in [1.165, 1.54) is 20.3 Å². The lowest BCUT2D eigenvalue weighted by atomic mass is 10.1. The lowest BCUT2D eigenvalue weighted by Crippen LogP contribution is -2.11. The van der Waals surface area contributed by atoms with Crippen LogP contribution < -0.4 is 10.1 Å². The summed E-state index contributed by atoms with van der Waals surface area (Å²) in [5.74, 6) is 0.111. The Hall–Kier alpha value is -4.73. The lowest BCUT2D eigenvalue weighted by molar-refractivity contribution is 0.187. The number of rotatable bonds is 5. The highest BCUT2D eigenvalue weighted by Crippen LogP contribution is 2.29. The molecule has 10 heteroatoms. The number of aromatic nitrogens is 5. The van der Waals surface area contributed by atoms with Crippen LogP contribution in [-0.4, -0.2) is 44.5 Å². The van der Waals surface area contributed by atoms with Crippen LogP contribution in [0.2, 0.25) is 0 Å². The number of pyridine rings is 2. The number of nitrogens with zero attached hydrogens (tertiary/aromatic N) is 5. The molecule has 9 nitrogen and oxygen atoms in total. The van der Waals surface area contributed by atoms with Crippen LogP contribution in [0.25, 0.3) is 33.8 Å². The smallest absolute Gasteiger partial charge is 0.412 e. The molecule has 0 aliphatic rings. The van der Waals surface area contributed by atoms with Crippen LogP contribution in [0.5, 0.6) is 5.75 Å². The fourth-order valence-electron chi connectivity index (χ4n) is 3.63. The molecule has 0 unspecified atom stereocenters. The fraction of sp³-hybridized carbons (Fsp3) is 0.0833. The van der Waals surface area contributed by atoms with Gasteiger partial charge < -0.3 is 9.47 Å². The Balaban J connectivity index is 1.53. The number of benzene rings is 1. The quantitative estimate of drug-likeness (QED) is 0.414. The number of carbonyl (C=O) groups excluding carboxylic acids is 1. The summed E-state index contributed by atoms with van der Waals surface area (Å²) in [5, 5.41) is 6.99. The Bertz CT molecular complexity index is 1490. The molecule has 5 aromatic rings. The van der Waals surface area contributed by atoms with E-state index in [1.54, 1.807) is 41.5 Å². The molecule has 0 atom stereocenters. The molecule has 170 valence electrons. The average molecular weight is 458 g/mol. The van der Waals surface area contributed by atoms with Crippen LogP contribution in [0.15, 0.2) is 73.3 Å². The van der Waals surface area contributed by atoms with Gasteiger partial charge in [0, 0.05) is 23.5 Å². The number of hydrogen-bond acceptors (Lipinski definition) is 6. The van der Waals surface area contributed by atoms with Gasteiger partial charge in [-0.15, -0.1) is 0 Å². The SMILES string of the molecule is COC(=O)Nc1ccc(-c2cnc3ccc(-n4nccc4-c4ccc(F)c(OC)c4)cn23)cn1. The van der Waals surface area contributed by atoms with Crippen LogP contribution in [0, 0.1) is 5.82 Å². The minimum atomic E-state index is -0.589. The number of amides is 1. The number of fused-ring (bicyclic) bond motifs is 1. The molecule has 1 amide bonds.